The van der Waals surface area contributed by atoms with E-state index in [9.17, 15) is 4.79 Å². The van der Waals surface area contributed by atoms with Gasteiger partial charge >= 0.3 is 0 Å². The van der Waals surface area contributed by atoms with E-state index in [-0.39, 0.29) is 5.91 Å². The number of carbonyl (C=O) groups excluding carboxylic acids is 1. The molecule has 5 heteroatoms. The quantitative estimate of drug-likeness (QED) is 0.788. The van der Waals surface area contributed by atoms with Crippen LogP contribution in [0.4, 0.5) is 11.4 Å². The van der Waals surface area contributed by atoms with E-state index in [1.54, 1.807) is 24.3 Å². The largest absolute Gasteiger partial charge is 0.472 e. The first-order chi connectivity index (χ1) is 7.66. The number of furan rings is 1. The molecular weight excluding hydrogens is 228 g/mol. The number of nitrogens with two attached hydrogens (primary N) is 1. The molecule has 16 heavy (non-hydrogen) atoms. The van der Waals surface area contributed by atoms with Gasteiger partial charge in [0.05, 0.1) is 22.5 Å². The van der Waals surface area contributed by atoms with Crippen molar-refractivity contribution in [1.29, 1.82) is 0 Å². The average Bonchev–Trinajstić information content (AvgIpc) is 2.76. The lowest BCUT2D eigenvalue weighted by molar-refractivity contribution is 0.102. The fourth-order valence-electron chi connectivity index (χ4n) is 1.23. The lowest BCUT2D eigenvalue weighted by Crippen LogP contribution is -2.11. The molecule has 0 saturated carbocycles. The minimum atomic E-state index is -0.291. The van der Waals surface area contributed by atoms with Gasteiger partial charge in [-0.25, -0.2) is 0 Å². The number of amides is 1. The Balaban J connectivity index is 2.21. The van der Waals surface area contributed by atoms with Crippen molar-refractivity contribution >= 4 is 28.9 Å². The topological polar surface area (TPSA) is 68.3 Å². The molecule has 1 amide bonds. The van der Waals surface area contributed by atoms with Crippen LogP contribution in [0.3, 0.4) is 0 Å². The molecular formula is C11H9ClN2O2. The first kappa shape index (κ1) is 10.6. The summed E-state index contributed by atoms with van der Waals surface area (Å²) < 4.78 is 4.81. The molecule has 0 saturated heterocycles. The first-order valence-corrected chi connectivity index (χ1v) is 4.93. The van der Waals surface area contributed by atoms with E-state index in [1.807, 2.05) is 0 Å². The average molecular weight is 237 g/mol. The summed E-state index contributed by atoms with van der Waals surface area (Å²) in [7, 11) is 0. The van der Waals surface area contributed by atoms with E-state index in [4.69, 9.17) is 21.8 Å². The maximum atomic E-state index is 11.7. The molecule has 0 aliphatic carbocycles. The summed E-state index contributed by atoms with van der Waals surface area (Å²) in [6.07, 6.45) is 2.78. The van der Waals surface area contributed by atoms with Crippen LogP contribution in [0.1, 0.15) is 10.4 Å². The van der Waals surface area contributed by atoms with Crippen LogP contribution in [0, 0.1) is 0 Å². The highest BCUT2D eigenvalue weighted by Crippen LogP contribution is 2.24. The first-order valence-electron chi connectivity index (χ1n) is 4.55. The Labute approximate surface area is 97.0 Å². The maximum absolute atomic E-state index is 11.7. The van der Waals surface area contributed by atoms with Crippen LogP contribution < -0.4 is 11.1 Å². The molecule has 2 aromatic rings. The maximum Gasteiger partial charge on any atom is 0.258 e. The van der Waals surface area contributed by atoms with Crippen molar-refractivity contribution in [3.05, 3.63) is 47.4 Å². The Morgan fingerprint density at radius 3 is 2.88 bits per heavy atom. The number of anilines is 2. The summed E-state index contributed by atoms with van der Waals surface area (Å²) in [5.41, 5.74) is 7.04. The van der Waals surface area contributed by atoms with Crippen molar-refractivity contribution in [2.24, 2.45) is 0 Å². The molecule has 0 fully saturated rings. The molecule has 0 aliphatic heterocycles. The number of rotatable bonds is 2. The SMILES string of the molecule is Nc1ccc(Cl)c(NC(=O)c2ccoc2)c1. The monoisotopic (exact) mass is 236 g/mol. The zero-order valence-electron chi connectivity index (χ0n) is 8.24. The van der Waals surface area contributed by atoms with Crippen LogP contribution in [-0.4, -0.2) is 5.91 Å². The Morgan fingerprint density at radius 2 is 2.19 bits per heavy atom. The standard InChI is InChI=1S/C11H9ClN2O2/c12-9-2-1-8(13)5-10(9)14-11(15)7-3-4-16-6-7/h1-6H,13H2,(H,14,15). The second kappa shape index (κ2) is 4.28. The van der Waals surface area contributed by atoms with E-state index in [2.05, 4.69) is 5.32 Å². The van der Waals surface area contributed by atoms with Crippen LogP contribution >= 0.6 is 11.6 Å². The summed E-state index contributed by atoms with van der Waals surface area (Å²) in [5, 5.41) is 3.08. The molecule has 0 atom stereocenters. The Hall–Kier alpha value is -1.94. The summed E-state index contributed by atoms with van der Waals surface area (Å²) in [4.78, 5) is 11.7. The van der Waals surface area contributed by atoms with E-state index >= 15 is 0 Å². The van der Waals surface area contributed by atoms with Crippen molar-refractivity contribution in [3.63, 3.8) is 0 Å². The fourth-order valence-corrected chi connectivity index (χ4v) is 1.39. The summed E-state index contributed by atoms with van der Waals surface area (Å²) in [6.45, 7) is 0. The van der Waals surface area contributed by atoms with Crippen molar-refractivity contribution in [2.45, 2.75) is 0 Å². The lowest BCUT2D eigenvalue weighted by atomic mass is 10.2. The molecule has 4 nitrogen and oxygen atoms in total. The van der Waals surface area contributed by atoms with Gasteiger partial charge in [-0.15, -0.1) is 0 Å². The minimum Gasteiger partial charge on any atom is -0.472 e. The van der Waals surface area contributed by atoms with Gasteiger partial charge in [-0.3, -0.25) is 4.79 Å². The predicted molar refractivity (Wildman–Crippen MR) is 62.5 cm³/mol. The molecule has 0 spiro atoms. The molecule has 0 aliphatic rings. The number of benzene rings is 1. The molecule has 82 valence electrons. The van der Waals surface area contributed by atoms with Gasteiger partial charge in [-0.2, -0.15) is 0 Å². The van der Waals surface area contributed by atoms with Gasteiger partial charge in [-0.1, -0.05) is 11.6 Å². The highest BCUT2D eigenvalue weighted by Gasteiger charge is 2.09. The fraction of sp³-hybridized carbons (Fsp3) is 0. The molecule has 1 aromatic carbocycles. The Bertz CT molecular complexity index is 509. The molecule has 1 aromatic heterocycles. The second-order valence-electron chi connectivity index (χ2n) is 3.21. The van der Waals surface area contributed by atoms with E-state index in [0.717, 1.165) is 0 Å². The third-order valence-corrected chi connectivity index (χ3v) is 2.35. The Morgan fingerprint density at radius 1 is 1.38 bits per heavy atom. The van der Waals surface area contributed by atoms with Gasteiger partial charge in [-0.05, 0) is 24.3 Å². The van der Waals surface area contributed by atoms with Crippen molar-refractivity contribution in [2.75, 3.05) is 11.1 Å². The lowest BCUT2D eigenvalue weighted by Gasteiger charge is -2.06. The molecule has 3 N–H and O–H groups in total. The Kier molecular flexibility index (Phi) is 2.83. The molecule has 0 radical (unpaired) electrons. The summed E-state index contributed by atoms with van der Waals surface area (Å²) in [6, 6.07) is 6.45. The predicted octanol–water partition coefficient (Wildman–Crippen LogP) is 2.77. The zero-order valence-corrected chi connectivity index (χ0v) is 8.99. The van der Waals surface area contributed by atoms with Gasteiger partial charge in [0.15, 0.2) is 0 Å². The van der Waals surface area contributed by atoms with Gasteiger partial charge in [0.1, 0.15) is 6.26 Å². The van der Waals surface area contributed by atoms with Gasteiger partial charge < -0.3 is 15.5 Å². The molecule has 0 unspecified atom stereocenters. The number of nitrogen functional groups attached to an aromatic ring is 1. The molecule has 2 rings (SSSR count). The van der Waals surface area contributed by atoms with Gasteiger partial charge in [0.25, 0.3) is 5.91 Å². The van der Waals surface area contributed by atoms with Crippen LogP contribution in [0.15, 0.2) is 41.2 Å². The van der Waals surface area contributed by atoms with Gasteiger partial charge in [0, 0.05) is 5.69 Å². The third-order valence-electron chi connectivity index (χ3n) is 2.02. The molecule has 1 heterocycles. The highest BCUT2D eigenvalue weighted by molar-refractivity contribution is 6.34. The molecule has 0 bridgehead atoms. The zero-order chi connectivity index (χ0) is 11.5. The van der Waals surface area contributed by atoms with Crippen LogP contribution in [0.5, 0.6) is 0 Å². The second-order valence-corrected chi connectivity index (χ2v) is 3.61. The van der Waals surface area contributed by atoms with Crippen LogP contribution in [0.2, 0.25) is 5.02 Å². The number of halogens is 1. The van der Waals surface area contributed by atoms with Crippen LogP contribution in [0.25, 0.3) is 0 Å². The normalized spacial score (nSPS) is 10.1. The van der Waals surface area contributed by atoms with Crippen molar-refractivity contribution in [1.82, 2.24) is 0 Å². The highest BCUT2D eigenvalue weighted by atomic mass is 35.5. The third kappa shape index (κ3) is 2.17. The number of carbonyl (C=O) groups is 1. The van der Waals surface area contributed by atoms with E-state index in [0.29, 0.717) is 22.0 Å². The number of nitrogens with one attached hydrogen (secondary N) is 1. The summed E-state index contributed by atoms with van der Waals surface area (Å²) in [5.74, 6) is -0.291. The van der Waals surface area contributed by atoms with Crippen molar-refractivity contribution in [3.8, 4) is 0 Å². The minimum absolute atomic E-state index is 0.291. The van der Waals surface area contributed by atoms with Crippen molar-refractivity contribution < 1.29 is 9.21 Å². The van der Waals surface area contributed by atoms with Gasteiger partial charge in [0.2, 0.25) is 0 Å². The number of hydrogen-bond acceptors (Lipinski definition) is 3. The van der Waals surface area contributed by atoms with E-state index < -0.39 is 0 Å². The number of hydrogen-bond donors (Lipinski definition) is 2. The van der Waals surface area contributed by atoms with E-state index in [1.165, 1.54) is 12.5 Å². The van der Waals surface area contributed by atoms with Crippen LogP contribution in [-0.2, 0) is 0 Å². The smallest absolute Gasteiger partial charge is 0.258 e. The summed E-state index contributed by atoms with van der Waals surface area (Å²) >= 11 is 5.91.